The van der Waals surface area contributed by atoms with Crippen LogP contribution < -0.4 is 10.6 Å². The molecule has 0 bridgehead atoms. The molecule has 106 valence electrons. The van der Waals surface area contributed by atoms with Crippen molar-refractivity contribution in [3.63, 3.8) is 0 Å². The van der Waals surface area contributed by atoms with E-state index in [9.17, 15) is 10.1 Å². The Balaban J connectivity index is 1.81. The van der Waals surface area contributed by atoms with Gasteiger partial charge in [-0.05, 0) is 57.6 Å². The number of anilines is 1. The number of piperidine rings is 1. The first kappa shape index (κ1) is 13.6. The van der Waals surface area contributed by atoms with Gasteiger partial charge in [0.25, 0.3) is 0 Å². The maximum atomic E-state index is 12.5. The van der Waals surface area contributed by atoms with Crippen LogP contribution in [0.4, 0.5) is 5.00 Å². The molecule has 5 heteroatoms. The van der Waals surface area contributed by atoms with E-state index >= 15 is 0 Å². The maximum Gasteiger partial charge on any atom is 0.245 e. The summed E-state index contributed by atoms with van der Waals surface area (Å²) in [5, 5.41) is 16.4. The van der Waals surface area contributed by atoms with Gasteiger partial charge in [0.15, 0.2) is 0 Å². The minimum Gasteiger partial charge on any atom is -0.315 e. The number of amides is 1. The lowest BCUT2D eigenvalue weighted by molar-refractivity contribution is -0.122. The molecule has 1 atom stereocenters. The zero-order chi connectivity index (χ0) is 14.2. The zero-order valence-corrected chi connectivity index (χ0v) is 12.5. The van der Waals surface area contributed by atoms with E-state index in [-0.39, 0.29) is 5.91 Å². The fraction of sp³-hybridized carbons (Fsp3) is 0.600. The van der Waals surface area contributed by atoms with Crippen LogP contribution in [0.1, 0.15) is 48.6 Å². The number of aryl methyl sites for hydroxylation is 1. The molecule has 1 aliphatic heterocycles. The van der Waals surface area contributed by atoms with Gasteiger partial charge in [-0.2, -0.15) is 5.26 Å². The maximum absolute atomic E-state index is 12.5. The van der Waals surface area contributed by atoms with Crippen LogP contribution in [0, 0.1) is 11.3 Å². The van der Waals surface area contributed by atoms with Crippen molar-refractivity contribution in [1.29, 1.82) is 5.26 Å². The summed E-state index contributed by atoms with van der Waals surface area (Å²) in [5.74, 6) is -0.00590. The smallest absolute Gasteiger partial charge is 0.245 e. The molecule has 1 saturated heterocycles. The van der Waals surface area contributed by atoms with Crippen LogP contribution >= 0.6 is 11.3 Å². The van der Waals surface area contributed by atoms with Gasteiger partial charge in [0.05, 0.1) is 11.1 Å². The second kappa shape index (κ2) is 5.19. The Bertz CT molecular complexity index is 579. The van der Waals surface area contributed by atoms with Gasteiger partial charge in [-0.3, -0.25) is 4.79 Å². The average Bonchev–Trinajstić information content (AvgIpc) is 2.99. The zero-order valence-electron chi connectivity index (χ0n) is 11.7. The standard InChI is InChI=1S/C15H19N3OS/c1-15(7-2-3-8-17-15)14(19)18-13-11(9-16)10-5-4-6-12(10)20-13/h17H,2-8H2,1H3,(H,18,19). The highest BCUT2D eigenvalue weighted by Crippen LogP contribution is 2.39. The third kappa shape index (κ3) is 2.23. The molecule has 1 aromatic heterocycles. The number of nitrogens with one attached hydrogen (secondary N) is 2. The Kier molecular flexibility index (Phi) is 3.53. The molecule has 0 aromatic carbocycles. The lowest BCUT2D eigenvalue weighted by atomic mass is 9.90. The van der Waals surface area contributed by atoms with Gasteiger partial charge in [0, 0.05) is 4.88 Å². The number of carbonyl (C=O) groups is 1. The third-order valence-electron chi connectivity index (χ3n) is 4.38. The first-order valence-electron chi connectivity index (χ1n) is 7.25. The van der Waals surface area contributed by atoms with Crippen molar-refractivity contribution in [2.24, 2.45) is 0 Å². The first-order chi connectivity index (χ1) is 9.64. The highest BCUT2D eigenvalue weighted by molar-refractivity contribution is 7.16. The Morgan fingerprint density at radius 1 is 1.40 bits per heavy atom. The molecule has 1 amide bonds. The monoisotopic (exact) mass is 289 g/mol. The lowest BCUT2D eigenvalue weighted by Gasteiger charge is -2.33. The molecule has 1 aliphatic carbocycles. The second-order valence-electron chi connectivity index (χ2n) is 5.84. The van der Waals surface area contributed by atoms with Crippen LogP contribution in [-0.4, -0.2) is 18.0 Å². The number of nitrogens with zero attached hydrogens (tertiary/aromatic N) is 1. The van der Waals surface area contributed by atoms with Gasteiger partial charge in [0.1, 0.15) is 11.1 Å². The molecule has 20 heavy (non-hydrogen) atoms. The van der Waals surface area contributed by atoms with Gasteiger partial charge in [0.2, 0.25) is 5.91 Å². The normalized spacial score (nSPS) is 25.0. The van der Waals surface area contributed by atoms with Crippen LogP contribution in [0.15, 0.2) is 0 Å². The average molecular weight is 289 g/mol. The summed E-state index contributed by atoms with van der Waals surface area (Å²) in [6.45, 7) is 2.84. The van der Waals surface area contributed by atoms with Gasteiger partial charge in [-0.25, -0.2) is 0 Å². The molecule has 2 aliphatic rings. The molecule has 0 radical (unpaired) electrons. The quantitative estimate of drug-likeness (QED) is 0.879. The van der Waals surface area contributed by atoms with E-state index in [1.54, 1.807) is 11.3 Å². The van der Waals surface area contributed by atoms with Gasteiger partial charge in [-0.15, -0.1) is 11.3 Å². The highest BCUT2D eigenvalue weighted by atomic mass is 32.1. The van der Waals surface area contributed by atoms with Crippen molar-refractivity contribution in [3.8, 4) is 6.07 Å². The minimum atomic E-state index is -0.501. The molecule has 0 spiro atoms. The molecule has 1 aromatic rings. The van der Waals surface area contributed by atoms with E-state index in [1.165, 1.54) is 4.88 Å². The summed E-state index contributed by atoms with van der Waals surface area (Å²) in [6.07, 6.45) is 6.19. The van der Waals surface area contributed by atoms with E-state index in [4.69, 9.17) is 0 Å². The van der Waals surface area contributed by atoms with Crippen molar-refractivity contribution >= 4 is 22.2 Å². The molecule has 4 nitrogen and oxygen atoms in total. The molecule has 2 heterocycles. The largest absolute Gasteiger partial charge is 0.315 e. The van der Waals surface area contributed by atoms with E-state index in [2.05, 4.69) is 16.7 Å². The Morgan fingerprint density at radius 3 is 2.95 bits per heavy atom. The molecular weight excluding hydrogens is 270 g/mol. The molecule has 0 saturated carbocycles. The summed E-state index contributed by atoms with van der Waals surface area (Å²) in [5.41, 5.74) is 1.35. The minimum absolute atomic E-state index is 0.00590. The van der Waals surface area contributed by atoms with Gasteiger partial charge >= 0.3 is 0 Å². The van der Waals surface area contributed by atoms with Gasteiger partial charge in [-0.1, -0.05) is 0 Å². The van der Waals surface area contributed by atoms with Crippen LogP contribution in [0.2, 0.25) is 0 Å². The van der Waals surface area contributed by atoms with Crippen LogP contribution in [0.25, 0.3) is 0 Å². The topological polar surface area (TPSA) is 64.9 Å². The van der Waals surface area contributed by atoms with E-state index in [1.807, 2.05) is 6.92 Å². The third-order valence-corrected chi connectivity index (χ3v) is 5.59. The fourth-order valence-electron chi connectivity index (χ4n) is 3.10. The van der Waals surface area contributed by atoms with Gasteiger partial charge < -0.3 is 10.6 Å². The first-order valence-corrected chi connectivity index (χ1v) is 8.07. The van der Waals surface area contributed by atoms with E-state index in [0.717, 1.165) is 55.6 Å². The summed E-state index contributed by atoms with van der Waals surface area (Å²) >= 11 is 1.58. The highest BCUT2D eigenvalue weighted by Gasteiger charge is 2.35. The summed E-state index contributed by atoms with van der Waals surface area (Å²) in [4.78, 5) is 13.8. The summed E-state index contributed by atoms with van der Waals surface area (Å²) in [6, 6.07) is 2.27. The number of fused-ring (bicyclic) bond motifs is 1. The van der Waals surface area contributed by atoms with Crippen LogP contribution in [0.5, 0.6) is 0 Å². The molecule has 1 unspecified atom stereocenters. The number of hydrogen-bond acceptors (Lipinski definition) is 4. The van der Waals surface area contributed by atoms with Crippen molar-refractivity contribution < 1.29 is 4.79 Å². The van der Waals surface area contributed by atoms with Crippen molar-refractivity contribution in [1.82, 2.24) is 5.32 Å². The molecular formula is C15H19N3OS. The lowest BCUT2D eigenvalue weighted by Crippen LogP contribution is -2.54. The Morgan fingerprint density at radius 2 is 2.25 bits per heavy atom. The molecule has 1 fully saturated rings. The predicted octanol–water partition coefficient (Wildman–Crippen LogP) is 2.58. The van der Waals surface area contributed by atoms with Crippen molar-refractivity contribution in [2.45, 2.75) is 51.0 Å². The Labute approximate surface area is 123 Å². The SMILES string of the molecule is CC1(C(=O)Nc2sc3c(c2C#N)CCC3)CCCCN1. The molecule has 2 N–H and O–H groups in total. The number of thiophene rings is 1. The number of nitriles is 1. The summed E-state index contributed by atoms with van der Waals surface area (Å²) in [7, 11) is 0. The fourth-order valence-corrected chi connectivity index (χ4v) is 4.34. The summed E-state index contributed by atoms with van der Waals surface area (Å²) < 4.78 is 0. The van der Waals surface area contributed by atoms with E-state index < -0.39 is 5.54 Å². The van der Waals surface area contributed by atoms with Crippen LogP contribution in [-0.2, 0) is 17.6 Å². The van der Waals surface area contributed by atoms with Crippen LogP contribution in [0.3, 0.4) is 0 Å². The van der Waals surface area contributed by atoms with E-state index in [0.29, 0.717) is 5.56 Å². The predicted molar refractivity (Wildman–Crippen MR) is 79.9 cm³/mol. The van der Waals surface area contributed by atoms with Crippen molar-refractivity contribution in [3.05, 3.63) is 16.0 Å². The Hall–Kier alpha value is -1.38. The van der Waals surface area contributed by atoms with Crippen molar-refractivity contribution in [2.75, 3.05) is 11.9 Å². The molecule has 3 rings (SSSR count). The number of carbonyl (C=O) groups excluding carboxylic acids is 1. The number of hydrogen-bond donors (Lipinski definition) is 2. The second-order valence-corrected chi connectivity index (χ2v) is 6.95. The number of rotatable bonds is 2.